The van der Waals surface area contributed by atoms with Crippen molar-refractivity contribution >= 4 is 11.8 Å². The molecule has 19 heavy (non-hydrogen) atoms. The van der Waals surface area contributed by atoms with Gasteiger partial charge in [0.15, 0.2) is 5.82 Å². The number of hydrogen-bond acceptors (Lipinski definition) is 6. The fraction of sp³-hybridized carbons (Fsp3) is 0.500. The van der Waals surface area contributed by atoms with Gasteiger partial charge in [-0.25, -0.2) is 4.98 Å². The number of aromatic nitrogens is 5. The minimum Gasteiger partial charge on any atom is -0.370 e. The molecular weight excluding hydrogens is 242 g/mol. The summed E-state index contributed by atoms with van der Waals surface area (Å²) in [6.45, 7) is 6.47. The van der Waals surface area contributed by atoms with Gasteiger partial charge in [-0.2, -0.15) is 4.98 Å². The van der Waals surface area contributed by atoms with Crippen LogP contribution >= 0.6 is 0 Å². The van der Waals surface area contributed by atoms with E-state index in [2.05, 4.69) is 37.7 Å². The van der Waals surface area contributed by atoms with E-state index >= 15 is 0 Å². The van der Waals surface area contributed by atoms with Gasteiger partial charge in [-0.15, -0.1) is 10.2 Å². The molecule has 0 saturated heterocycles. The third-order valence-electron chi connectivity index (χ3n) is 2.58. The third-order valence-corrected chi connectivity index (χ3v) is 2.58. The van der Waals surface area contributed by atoms with Crippen LogP contribution in [0.4, 0.5) is 11.8 Å². The van der Waals surface area contributed by atoms with E-state index in [1.165, 1.54) is 0 Å². The quantitative estimate of drug-likeness (QED) is 0.786. The van der Waals surface area contributed by atoms with Crippen molar-refractivity contribution in [2.24, 2.45) is 0 Å². The van der Waals surface area contributed by atoms with Gasteiger partial charge in [0.2, 0.25) is 5.95 Å². The molecule has 0 bridgehead atoms. The highest BCUT2D eigenvalue weighted by molar-refractivity contribution is 5.39. The minimum absolute atomic E-state index is 0.565. The molecule has 102 valence electrons. The number of nitrogens with zero attached hydrogens (tertiary/aromatic N) is 5. The summed E-state index contributed by atoms with van der Waals surface area (Å²) in [4.78, 5) is 8.52. The lowest BCUT2D eigenvalue weighted by molar-refractivity contribution is 0.643. The zero-order chi connectivity index (χ0) is 13.5. The van der Waals surface area contributed by atoms with Gasteiger partial charge in [0.1, 0.15) is 12.1 Å². The maximum absolute atomic E-state index is 4.35. The molecule has 2 N–H and O–H groups in total. The highest BCUT2D eigenvalue weighted by Crippen LogP contribution is 2.06. The summed E-state index contributed by atoms with van der Waals surface area (Å²) < 4.78 is 2.03. The molecule has 7 nitrogen and oxygen atoms in total. The molecule has 7 heteroatoms. The molecule has 2 aromatic rings. The first-order valence-electron chi connectivity index (χ1n) is 6.51. The monoisotopic (exact) mass is 261 g/mol. The predicted molar refractivity (Wildman–Crippen MR) is 73.8 cm³/mol. The van der Waals surface area contributed by atoms with Crippen LogP contribution in [0.2, 0.25) is 0 Å². The van der Waals surface area contributed by atoms with Crippen molar-refractivity contribution in [3.05, 3.63) is 24.4 Å². The summed E-state index contributed by atoms with van der Waals surface area (Å²) in [5.41, 5.74) is 0. The third kappa shape index (κ3) is 3.64. The number of nitrogens with one attached hydrogen (secondary N) is 2. The van der Waals surface area contributed by atoms with Gasteiger partial charge in [-0.05, 0) is 19.4 Å². The van der Waals surface area contributed by atoms with Crippen LogP contribution in [0.15, 0.2) is 18.6 Å². The molecule has 0 radical (unpaired) electrons. The maximum Gasteiger partial charge on any atom is 0.224 e. The highest BCUT2D eigenvalue weighted by atomic mass is 15.3. The molecule has 0 saturated carbocycles. The molecule has 0 amide bonds. The van der Waals surface area contributed by atoms with Gasteiger partial charge in [0.05, 0.1) is 6.54 Å². The smallest absolute Gasteiger partial charge is 0.224 e. The summed E-state index contributed by atoms with van der Waals surface area (Å²) >= 11 is 0. The van der Waals surface area contributed by atoms with Crippen molar-refractivity contribution in [1.82, 2.24) is 24.7 Å². The lowest BCUT2D eigenvalue weighted by Gasteiger charge is -2.08. The van der Waals surface area contributed by atoms with Crippen molar-refractivity contribution in [3.8, 4) is 0 Å². The summed E-state index contributed by atoms with van der Waals surface area (Å²) in [7, 11) is 0. The lowest BCUT2D eigenvalue weighted by Crippen LogP contribution is -2.11. The highest BCUT2D eigenvalue weighted by Gasteiger charge is 2.04. The summed E-state index contributed by atoms with van der Waals surface area (Å²) in [5.74, 6) is 2.29. The molecule has 0 aliphatic heterocycles. The van der Waals surface area contributed by atoms with Crippen LogP contribution in [0.5, 0.6) is 0 Å². The summed E-state index contributed by atoms with van der Waals surface area (Å²) in [5, 5.41) is 14.3. The van der Waals surface area contributed by atoms with E-state index < -0.39 is 0 Å². The van der Waals surface area contributed by atoms with Crippen molar-refractivity contribution in [1.29, 1.82) is 0 Å². The Labute approximate surface area is 112 Å². The molecule has 0 spiro atoms. The van der Waals surface area contributed by atoms with E-state index in [1.54, 1.807) is 12.5 Å². The Morgan fingerprint density at radius 1 is 1.26 bits per heavy atom. The topological polar surface area (TPSA) is 80.5 Å². The van der Waals surface area contributed by atoms with Gasteiger partial charge < -0.3 is 15.2 Å². The number of hydrogen-bond donors (Lipinski definition) is 2. The van der Waals surface area contributed by atoms with E-state index in [0.717, 1.165) is 31.2 Å². The summed E-state index contributed by atoms with van der Waals surface area (Å²) in [6.07, 6.45) is 4.53. The zero-order valence-electron chi connectivity index (χ0n) is 11.3. The molecule has 0 aromatic carbocycles. The Hall–Kier alpha value is -2.18. The average Bonchev–Trinajstić information content (AvgIpc) is 2.85. The molecule has 0 aliphatic carbocycles. The van der Waals surface area contributed by atoms with E-state index in [-0.39, 0.29) is 0 Å². The first-order valence-corrected chi connectivity index (χ1v) is 6.51. The van der Waals surface area contributed by atoms with Crippen LogP contribution in [0.25, 0.3) is 0 Å². The Morgan fingerprint density at radius 2 is 2.16 bits per heavy atom. The largest absolute Gasteiger partial charge is 0.370 e. The predicted octanol–water partition coefficient (Wildman–Crippen LogP) is 1.52. The van der Waals surface area contributed by atoms with Gasteiger partial charge in [-0.3, -0.25) is 0 Å². The lowest BCUT2D eigenvalue weighted by atomic mass is 10.4. The first-order chi connectivity index (χ1) is 9.33. The standard InChI is InChI=1S/C12H19N7/c1-3-7-19-9-16-18-11(19)8-15-12-14-6-5-10(17-12)13-4-2/h5-6,9H,3-4,7-8H2,1-2H3,(H2,13,14,15,17). The molecule has 0 fully saturated rings. The van der Waals surface area contributed by atoms with Crippen LogP contribution in [-0.4, -0.2) is 31.3 Å². The van der Waals surface area contributed by atoms with E-state index in [9.17, 15) is 0 Å². The van der Waals surface area contributed by atoms with Crippen molar-refractivity contribution < 1.29 is 0 Å². The van der Waals surface area contributed by atoms with Crippen LogP contribution in [0.3, 0.4) is 0 Å². The van der Waals surface area contributed by atoms with Crippen LogP contribution < -0.4 is 10.6 Å². The van der Waals surface area contributed by atoms with Gasteiger partial charge in [0.25, 0.3) is 0 Å². The fourth-order valence-electron chi connectivity index (χ4n) is 1.73. The number of aryl methyl sites for hydroxylation is 1. The van der Waals surface area contributed by atoms with Crippen LogP contribution in [0.1, 0.15) is 26.1 Å². The second-order valence-corrected chi connectivity index (χ2v) is 4.09. The average molecular weight is 261 g/mol. The van der Waals surface area contributed by atoms with Crippen molar-refractivity contribution in [3.63, 3.8) is 0 Å². The Bertz CT molecular complexity index is 508. The normalized spacial score (nSPS) is 10.4. The Balaban J connectivity index is 1.97. The van der Waals surface area contributed by atoms with Crippen molar-refractivity contribution in [2.75, 3.05) is 17.2 Å². The van der Waals surface area contributed by atoms with Gasteiger partial charge >= 0.3 is 0 Å². The molecule has 2 rings (SSSR count). The Morgan fingerprint density at radius 3 is 2.95 bits per heavy atom. The zero-order valence-corrected chi connectivity index (χ0v) is 11.3. The van der Waals surface area contributed by atoms with Gasteiger partial charge in [-0.1, -0.05) is 6.92 Å². The van der Waals surface area contributed by atoms with Crippen LogP contribution in [-0.2, 0) is 13.1 Å². The molecule has 2 heterocycles. The number of anilines is 2. The SMILES string of the molecule is CCCn1cnnc1CNc1nccc(NCC)n1. The Kier molecular flexibility index (Phi) is 4.66. The first kappa shape index (κ1) is 13.3. The van der Waals surface area contributed by atoms with E-state index in [0.29, 0.717) is 12.5 Å². The minimum atomic E-state index is 0.565. The molecule has 2 aromatic heterocycles. The van der Waals surface area contributed by atoms with Crippen LogP contribution in [0, 0.1) is 0 Å². The molecule has 0 atom stereocenters. The molecular formula is C12H19N7. The second kappa shape index (κ2) is 6.67. The molecule has 0 unspecified atom stereocenters. The maximum atomic E-state index is 4.35. The molecule has 0 aliphatic rings. The summed E-state index contributed by atoms with van der Waals surface area (Å²) in [6, 6.07) is 1.84. The van der Waals surface area contributed by atoms with Gasteiger partial charge in [0, 0.05) is 19.3 Å². The second-order valence-electron chi connectivity index (χ2n) is 4.09. The van der Waals surface area contributed by atoms with E-state index in [4.69, 9.17) is 0 Å². The van der Waals surface area contributed by atoms with E-state index in [1.807, 2.05) is 17.6 Å². The van der Waals surface area contributed by atoms with Crippen molar-refractivity contribution in [2.45, 2.75) is 33.4 Å². The fourth-order valence-corrected chi connectivity index (χ4v) is 1.73. The number of rotatable bonds is 7.